The molecule has 10 heteroatoms. The van der Waals surface area contributed by atoms with Gasteiger partial charge in [0, 0.05) is 0 Å². The van der Waals surface area contributed by atoms with Crippen molar-refractivity contribution in [2.45, 2.75) is 12.5 Å². The van der Waals surface area contributed by atoms with E-state index in [0.717, 1.165) is 0 Å². The number of carbonyl (C=O) groups excluding carboxylic acids is 2. The Labute approximate surface area is 124 Å². The van der Waals surface area contributed by atoms with Crippen molar-refractivity contribution in [3.05, 3.63) is 0 Å². The largest absolute Gasteiger partial charge is 0.469 e. The minimum atomic E-state index is -4.04. The van der Waals surface area contributed by atoms with Crippen LogP contribution in [-0.2, 0) is 24.5 Å². The zero-order valence-corrected chi connectivity index (χ0v) is 13.5. The van der Waals surface area contributed by atoms with Crippen molar-refractivity contribution in [2.24, 2.45) is 0 Å². The first-order valence-electron chi connectivity index (χ1n) is 6.39. The van der Waals surface area contributed by atoms with E-state index in [-0.39, 0.29) is 19.6 Å². The molecule has 0 aromatic rings. The van der Waals surface area contributed by atoms with E-state index in [0.29, 0.717) is 15.3 Å². The van der Waals surface area contributed by atoms with Crippen LogP contribution in [0.1, 0.15) is 6.42 Å². The van der Waals surface area contributed by atoms with Gasteiger partial charge in [-0.25, -0.2) is 4.79 Å². The van der Waals surface area contributed by atoms with Crippen LogP contribution < -0.4 is 4.72 Å². The number of amides is 1. The van der Waals surface area contributed by atoms with Crippen LogP contribution in [0.4, 0.5) is 4.79 Å². The molecule has 1 saturated heterocycles. The van der Waals surface area contributed by atoms with Crippen LogP contribution in [-0.4, -0.2) is 83.3 Å². The molecule has 1 rings (SSSR count). The monoisotopic (exact) mass is 324 g/mol. The van der Waals surface area contributed by atoms with Gasteiger partial charge in [-0.2, -0.15) is 17.4 Å². The fraction of sp³-hybridized carbons (Fsp3) is 0.818. The van der Waals surface area contributed by atoms with Crippen molar-refractivity contribution in [2.75, 3.05) is 47.9 Å². The predicted molar refractivity (Wildman–Crippen MR) is 73.4 cm³/mol. The Morgan fingerprint density at radius 3 is 2.52 bits per heavy atom. The second-order valence-corrected chi connectivity index (χ2v) is 7.39. The molecule has 1 N–H and O–H groups in total. The quantitative estimate of drug-likeness (QED) is 0.472. The molecule has 0 aromatic carbocycles. The van der Waals surface area contributed by atoms with Gasteiger partial charge in [-0.1, -0.05) is 0 Å². The van der Waals surface area contributed by atoms with E-state index >= 15 is 0 Å². The van der Waals surface area contributed by atoms with Gasteiger partial charge in [-0.05, 0) is 0 Å². The maximum Gasteiger partial charge on any atom is 0.424 e. The summed E-state index contributed by atoms with van der Waals surface area (Å²) in [5, 5.41) is 0. The average molecular weight is 324 g/mol. The van der Waals surface area contributed by atoms with E-state index < -0.39 is 28.3 Å². The number of methoxy groups -OCH3 is 1. The van der Waals surface area contributed by atoms with E-state index in [2.05, 4.69) is 14.2 Å². The molecule has 1 fully saturated rings. The van der Waals surface area contributed by atoms with Gasteiger partial charge in [0.15, 0.2) is 0 Å². The number of ether oxygens (including phenoxy) is 2. The van der Waals surface area contributed by atoms with Crippen molar-refractivity contribution in [3.63, 3.8) is 0 Å². The van der Waals surface area contributed by atoms with Crippen molar-refractivity contribution in [1.29, 1.82) is 0 Å². The summed E-state index contributed by atoms with van der Waals surface area (Å²) in [5.41, 5.74) is 0. The number of nitrogens with one attached hydrogen (secondary N) is 1. The van der Waals surface area contributed by atoms with E-state index in [1.54, 1.807) is 0 Å². The molecular weight excluding hydrogens is 302 g/mol. The molecule has 1 heterocycles. The Morgan fingerprint density at radius 1 is 1.48 bits per heavy atom. The molecule has 122 valence electrons. The minimum absolute atomic E-state index is 0.0245. The van der Waals surface area contributed by atoms with E-state index in [4.69, 9.17) is 0 Å². The molecule has 0 aromatic heterocycles. The lowest BCUT2D eigenvalue weighted by Gasteiger charge is -2.29. The Hall–Kier alpha value is -1.39. The van der Waals surface area contributed by atoms with Crippen molar-refractivity contribution in [3.8, 4) is 0 Å². The third-order valence-corrected chi connectivity index (χ3v) is 4.28. The van der Waals surface area contributed by atoms with Gasteiger partial charge >= 0.3 is 22.3 Å². The van der Waals surface area contributed by atoms with Gasteiger partial charge in [0.2, 0.25) is 0 Å². The Kier molecular flexibility index (Phi) is 5.54. The summed E-state index contributed by atoms with van der Waals surface area (Å²) < 4.78 is 36.9. The molecule has 1 amide bonds. The molecule has 0 bridgehead atoms. The third kappa shape index (κ3) is 5.48. The maximum atomic E-state index is 12.2. The summed E-state index contributed by atoms with van der Waals surface area (Å²) in [6, 6.07) is -0.684. The molecule has 9 nitrogen and oxygen atoms in total. The van der Waals surface area contributed by atoms with Crippen LogP contribution in [0.15, 0.2) is 0 Å². The predicted octanol–water partition coefficient (Wildman–Crippen LogP) is -1.09. The lowest BCUT2D eigenvalue weighted by atomic mass is 10.2. The Morgan fingerprint density at radius 2 is 2.10 bits per heavy atom. The lowest BCUT2D eigenvalue weighted by Crippen LogP contribution is -2.53. The van der Waals surface area contributed by atoms with Gasteiger partial charge in [0.25, 0.3) is 0 Å². The number of rotatable bonds is 7. The van der Waals surface area contributed by atoms with Crippen molar-refractivity contribution >= 4 is 22.3 Å². The van der Waals surface area contributed by atoms with Crippen molar-refractivity contribution in [1.82, 2.24) is 9.03 Å². The second-order valence-electron chi connectivity index (χ2n) is 5.76. The lowest BCUT2D eigenvalue weighted by molar-refractivity contribution is -0.871. The van der Waals surface area contributed by atoms with Crippen LogP contribution in [0.25, 0.3) is 0 Å². The topological polar surface area (TPSA) is 102 Å². The zero-order chi connectivity index (χ0) is 16.3. The fourth-order valence-corrected chi connectivity index (χ4v) is 3.23. The molecule has 1 aliphatic rings. The first-order chi connectivity index (χ1) is 9.55. The standard InChI is InChI=1S/C11H22N3O6S/c1-14(2,3)8-9(7-10(15)19-4)12-21(17,18)13-5-6-20-11(13)16/h9,12H,5-8H2,1-4H3/q+1/t9-/m1/s1. The van der Waals surface area contributed by atoms with Crippen LogP contribution in [0.2, 0.25) is 0 Å². The summed E-state index contributed by atoms with van der Waals surface area (Å²) >= 11 is 0. The highest BCUT2D eigenvalue weighted by atomic mass is 32.2. The molecule has 1 aliphatic heterocycles. The van der Waals surface area contributed by atoms with Gasteiger partial charge in [0.1, 0.15) is 6.61 Å². The molecule has 0 saturated carbocycles. The van der Waals surface area contributed by atoms with Crippen LogP contribution in [0.5, 0.6) is 0 Å². The number of hydrogen-bond donors (Lipinski definition) is 1. The summed E-state index contributed by atoms with van der Waals surface area (Å²) in [7, 11) is 2.78. The highest BCUT2D eigenvalue weighted by Gasteiger charge is 2.36. The molecule has 0 spiro atoms. The van der Waals surface area contributed by atoms with Gasteiger partial charge in [-0.15, -0.1) is 0 Å². The van der Waals surface area contributed by atoms with Crippen LogP contribution >= 0.6 is 0 Å². The number of esters is 1. The Balaban J connectivity index is 2.83. The summed E-state index contributed by atoms with van der Waals surface area (Å²) in [6.07, 6.45) is -1.03. The second kappa shape index (κ2) is 6.58. The molecule has 0 radical (unpaired) electrons. The normalized spacial score (nSPS) is 17.5. The van der Waals surface area contributed by atoms with Gasteiger partial charge in [-0.3, -0.25) is 4.79 Å². The molecule has 1 atom stereocenters. The smallest absolute Gasteiger partial charge is 0.424 e. The summed E-state index contributed by atoms with van der Waals surface area (Å²) in [4.78, 5) is 22.8. The number of cyclic esters (lactones) is 1. The fourth-order valence-electron chi connectivity index (χ4n) is 1.96. The summed E-state index contributed by atoms with van der Waals surface area (Å²) in [5.74, 6) is -0.528. The number of quaternary nitrogens is 1. The SMILES string of the molecule is COC(=O)C[C@H](C[N+](C)(C)C)NS(=O)(=O)N1CCOC1=O. The first kappa shape index (κ1) is 17.7. The Bertz CT molecular complexity index is 499. The van der Waals surface area contributed by atoms with Crippen LogP contribution in [0, 0.1) is 0 Å². The van der Waals surface area contributed by atoms with Crippen molar-refractivity contribution < 1.29 is 32.0 Å². The molecule has 21 heavy (non-hydrogen) atoms. The van der Waals surface area contributed by atoms with Gasteiger partial charge < -0.3 is 14.0 Å². The first-order valence-corrected chi connectivity index (χ1v) is 7.83. The highest BCUT2D eigenvalue weighted by Crippen LogP contribution is 2.11. The number of likely N-dealkylation sites (N-methyl/N-ethyl adjacent to an activating group) is 1. The zero-order valence-electron chi connectivity index (χ0n) is 12.7. The van der Waals surface area contributed by atoms with E-state index in [9.17, 15) is 18.0 Å². The number of carbonyl (C=O) groups is 2. The minimum Gasteiger partial charge on any atom is -0.469 e. The van der Waals surface area contributed by atoms with Crippen LogP contribution in [0.3, 0.4) is 0 Å². The number of hydrogen-bond acceptors (Lipinski definition) is 6. The molecular formula is C11H22N3O6S+. The maximum absolute atomic E-state index is 12.2. The molecule has 0 unspecified atom stereocenters. The third-order valence-electron chi connectivity index (χ3n) is 2.74. The van der Waals surface area contributed by atoms with Gasteiger partial charge in [0.05, 0.1) is 53.8 Å². The highest BCUT2D eigenvalue weighted by molar-refractivity contribution is 7.87. The summed E-state index contributed by atoms with van der Waals surface area (Å²) in [6.45, 7) is 0.345. The molecule has 0 aliphatic carbocycles. The van der Waals surface area contributed by atoms with E-state index in [1.807, 2.05) is 21.1 Å². The average Bonchev–Trinajstić information content (AvgIpc) is 2.73. The van der Waals surface area contributed by atoms with E-state index in [1.165, 1.54) is 7.11 Å². The number of nitrogens with zero attached hydrogens (tertiary/aromatic N) is 2.